The largest absolute Gasteiger partial charge is 0.493 e. The number of ether oxygens (including phenoxy) is 4. The highest BCUT2D eigenvalue weighted by Crippen LogP contribution is 2.34. The van der Waals surface area contributed by atoms with Crippen LogP contribution in [0.5, 0.6) is 23.0 Å². The molecule has 3 aromatic rings. The van der Waals surface area contributed by atoms with Crippen molar-refractivity contribution in [3.8, 4) is 23.0 Å². The van der Waals surface area contributed by atoms with Crippen LogP contribution in [0.1, 0.15) is 28.4 Å². The normalized spacial score (nSPS) is 10.7. The Labute approximate surface area is 217 Å². The number of nitrogens with zero attached hydrogens (tertiary/aromatic N) is 1. The van der Waals surface area contributed by atoms with Crippen molar-refractivity contribution in [1.29, 1.82) is 0 Å². The van der Waals surface area contributed by atoms with Gasteiger partial charge in [0.15, 0.2) is 23.0 Å². The van der Waals surface area contributed by atoms with Crippen LogP contribution >= 0.6 is 34.2 Å². The number of methoxy groups -OCH3 is 2. The van der Waals surface area contributed by atoms with Crippen molar-refractivity contribution in [3.63, 3.8) is 0 Å². The highest BCUT2D eigenvalue weighted by molar-refractivity contribution is 14.1. The van der Waals surface area contributed by atoms with E-state index in [4.69, 9.17) is 30.5 Å². The maximum absolute atomic E-state index is 12.5. The molecule has 0 fully saturated rings. The van der Waals surface area contributed by atoms with E-state index in [-0.39, 0.29) is 5.91 Å². The molecular formula is C25H24ClIN2O5. The first kappa shape index (κ1) is 25.6. The number of nitrogens with one attached hydrogen (secondary N) is 1. The van der Waals surface area contributed by atoms with Crippen LogP contribution in [0, 0.1) is 3.57 Å². The summed E-state index contributed by atoms with van der Waals surface area (Å²) in [6, 6.07) is 16.1. The first-order valence-electron chi connectivity index (χ1n) is 10.3. The molecule has 9 heteroatoms. The molecule has 0 saturated carbocycles. The predicted molar refractivity (Wildman–Crippen MR) is 141 cm³/mol. The zero-order valence-electron chi connectivity index (χ0n) is 18.9. The molecule has 0 atom stereocenters. The average molecular weight is 595 g/mol. The van der Waals surface area contributed by atoms with Gasteiger partial charge in [-0.15, -0.1) is 0 Å². The third-order valence-corrected chi connectivity index (χ3v) is 5.67. The number of hydrogen-bond donors (Lipinski definition) is 1. The third kappa shape index (κ3) is 6.77. The molecule has 0 heterocycles. The van der Waals surface area contributed by atoms with Gasteiger partial charge < -0.3 is 18.9 Å². The SMILES string of the molecule is CCOc1ccc(C(=O)N/N=C/c2cc(I)c(OCc3cccc(Cl)c3)c(OC)c2)cc1OC. The molecule has 178 valence electrons. The second-order valence-corrected chi connectivity index (χ2v) is 8.55. The fraction of sp³-hybridized carbons (Fsp3) is 0.200. The first-order valence-corrected chi connectivity index (χ1v) is 11.8. The maximum atomic E-state index is 12.5. The number of hydrogen-bond acceptors (Lipinski definition) is 6. The minimum atomic E-state index is -0.374. The van der Waals surface area contributed by atoms with E-state index in [1.807, 2.05) is 37.3 Å². The summed E-state index contributed by atoms with van der Waals surface area (Å²) in [5.74, 6) is 1.85. The Morgan fingerprint density at radius 3 is 2.53 bits per heavy atom. The molecular weight excluding hydrogens is 571 g/mol. The molecule has 1 N–H and O–H groups in total. The van der Waals surface area contributed by atoms with E-state index in [1.54, 1.807) is 31.4 Å². The summed E-state index contributed by atoms with van der Waals surface area (Å²) in [5.41, 5.74) is 4.60. The highest BCUT2D eigenvalue weighted by Gasteiger charge is 2.13. The monoisotopic (exact) mass is 594 g/mol. The second-order valence-electron chi connectivity index (χ2n) is 6.95. The lowest BCUT2D eigenvalue weighted by Gasteiger charge is -2.13. The summed E-state index contributed by atoms with van der Waals surface area (Å²) < 4.78 is 23.1. The molecule has 0 bridgehead atoms. The number of halogens is 2. The molecule has 0 aromatic heterocycles. The molecule has 1 amide bonds. The van der Waals surface area contributed by atoms with E-state index >= 15 is 0 Å². The van der Waals surface area contributed by atoms with E-state index in [0.717, 1.165) is 14.7 Å². The number of rotatable bonds is 10. The van der Waals surface area contributed by atoms with Gasteiger partial charge in [-0.1, -0.05) is 23.7 Å². The van der Waals surface area contributed by atoms with Gasteiger partial charge in [-0.2, -0.15) is 5.10 Å². The molecule has 0 aliphatic carbocycles. The average Bonchev–Trinajstić information content (AvgIpc) is 2.83. The Morgan fingerprint density at radius 1 is 1.03 bits per heavy atom. The van der Waals surface area contributed by atoms with Gasteiger partial charge in [0.2, 0.25) is 0 Å². The second kappa shape index (κ2) is 12.5. The Balaban J connectivity index is 1.68. The number of hydrazone groups is 1. The van der Waals surface area contributed by atoms with E-state index in [2.05, 4.69) is 33.1 Å². The summed E-state index contributed by atoms with van der Waals surface area (Å²) in [4.78, 5) is 12.5. The van der Waals surface area contributed by atoms with Crippen molar-refractivity contribution in [1.82, 2.24) is 5.43 Å². The zero-order chi connectivity index (χ0) is 24.5. The summed E-state index contributed by atoms with van der Waals surface area (Å²) in [5, 5.41) is 4.72. The van der Waals surface area contributed by atoms with Crippen LogP contribution in [-0.2, 0) is 6.61 Å². The Bertz CT molecular complexity index is 1190. The smallest absolute Gasteiger partial charge is 0.271 e. The van der Waals surface area contributed by atoms with Crippen LogP contribution in [0.25, 0.3) is 0 Å². The molecule has 0 radical (unpaired) electrons. The van der Waals surface area contributed by atoms with Gasteiger partial charge in [-0.3, -0.25) is 4.79 Å². The van der Waals surface area contributed by atoms with Crippen LogP contribution in [0.15, 0.2) is 59.7 Å². The van der Waals surface area contributed by atoms with Crippen molar-refractivity contribution in [2.75, 3.05) is 20.8 Å². The van der Waals surface area contributed by atoms with Gasteiger partial charge in [0.1, 0.15) is 6.61 Å². The van der Waals surface area contributed by atoms with Crippen molar-refractivity contribution in [3.05, 3.63) is 79.9 Å². The van der Waals surface area contributed by atoms with E-state index in [9.17, 15) is 4.79 Å². The number of carbonyl (C=O) groups excluding carboxylic acids is 1. The van der Waals surface area contributed by atoms with Crippen molar-refractivity contribution in [2.24, 2.45) is 5.10 Å². The molecule has 7 nitrogen and oxygen atoms in total. The van der Waals surface area contributed by atoms with Crippen LogP contribution in [-0.4, -0.2) is 32.9 Å². The lowest BCUT2D eigenvalue weighted by atomic mass is 10.2. The molecule has 0 saturated heterocycles. The van der Waals surface area contributed by atoms with Gasteiger partial charge in [-0.05, 0) is 83.1 Å². The molecule has 0 unspecified atom stereocenters. The standard InChI is InChI=1S/C25H24ClIN2O5/c1-4-33-21-9-8-18(13-22(21)31-2)25(30)29-28-14-17-11-20(27)24(23(12-17)32-3)34-15-16-6-5-7-19(26)10-16/h5-14H,4,15H2,1-3H3,(H,29,30)/b28-14+. The van der Waals surface area contributed by atoms with Crippen LogP contribution in [0.4, 0.5) is 0 Å². The van der Waals surface area contributed by atoms with Crippen molar-refractivity contribution in [2.45, 2.75) is 13.5 Å². The Morgan fingerprint density at radius 2 is 1.82 bits per heavy atom. The predicted octanol–water partition coefficient (Wildman–Crippen LogP) is 5.70. The first-order chi connectivity index (χ1) is 16.4. The van der Waals surface area contributed by atoms with E-state index in [0.29, 0.717) is 46.8 Å². The zero-order valence-corrected chi connectivity index (χ0v) is 21.8. The van der Waals surface area contributed by atoms with Gasteiger partial charge in [0, 0.05) is 10.6 Å². The lowest BCUT2D eigenvalue weighted by molar-refractivity contribution is 0.0954. The fourth-order valence-electron chi connectivity index (χ4n) is 3.05. The van der Waals surface area contributed by atoms with Gasteiger partial charge in [0.25, 0.3) is 5.91 Å². The number of benzene rings is 3. The van der Waals surface area contributed by atoms with Crippen LogP contribution < -0.4 is 24.4 Å². The molecule has 0 aliphatic heterocycles. The third-order valence-electron chi connectivity index (χ3n) is 4.63. The quantitative estimate of drug-likeness (QED) is 0.185. The molecule has 34 heavy (non-hydrogen) atoms. The fourth-order valence-corrected chi connectivity index (χ4v) is 4.04. The summed E-state index contributed by atoms with van der Waals surface area (Å²) in [7, 11) is 3.09. The Kier molecular flexibility index (Phi) is 9.41. The molecule has 3 rings (SSSR count). The van der Waals surface area contributed by atoms with Gasteiger partial charge in [0.05, 0.1) is 30.6 Å². The summed E-state index contributed by atoms with van der Waals surface area (Å²) in [6.45, 7) is 2.73. The van der Waals surface area contributed by atoms with Crippen LogP contribution in [0.2, 0.25) is 5.02 Å². The maximum Gasteiger partial charge on any atom is 0.271 e. The Hall–Kier alpha value is -2.98. The summed E-state index contributed by atoms with van der Waals surface area (Å²) >= 11 is 8.21. The number of amides is 1. The van der Waals surface area contributed by atoms with Crippen LogP contribution in [0.3, 0.4) is 0 Å². The molecule has 3 aromatic carbocycles. The minimum absolute atomic E-state index is 0.349. The molecule has 0 aliphatic rings. The van der Waals surface area contributed by atoms with E-state index < -0.39 is 0 Å². The van der Waals surface area contributed by atoms with Crippen molar-refractivity contribution < 1.29 is 23.7 Å². The minimum Gasteiger partial charge on any atom is -0.493 e. The van der Waals surface area contributed by atoms with Crippen molar-refractivity contribution >= 4 is 46.3 Å². The molecule has 0 spiro atoms. The number of carbonyl (C=O) groups is 1. The van der Waals surface area contributed by atoms with Gasteiger partial charge in [-0.25, -0.2) is 5.43 Å². The van der Waals surface area contributed by atoms with E-state index in [1.165, 1.54) is 13.3 Å². The van der Waals surface area contributed by atoms with Gasteiger partial charge >= 0.3 is 0 Å². The lowest BCUT2D eigenvalue weighted by Crippen LogP contribution is -2.17. The summed E-state index contributed by atoms with van der Waals surface area (Å²) in [6.07, 6.45) is 1.54. The highest BCUT2D eigenvalue weighted by atomic mass is 127. The topological polar surface area (TPSA) is 78.4 Å².